The first-order valence-corrected chi connectivity index (χ1v) is 5.90. The van der Waals surface area contributed by atoms with Gasteiger partial charge in [-0.3, -0.25) is 4.79 Å². The molecule has 1 aliphatic heterocycles. The molecule has 0 radical (unpaired) electrons. The molecule has 0 saturated carbocycles. The summed E-state index contributed by atoms with van der Waals surface area (Å²) in [6, 6.07) is 1.56. The van der Waals surface area contributed by atoms with Gasteiger partial charge in [0, 0.05) is 19.2 Å². The van der Waals surface area contributed by atoms with Crippen molar-refractivity contribution in [2.24, 2.45) is 0 Å². The first-order valence-electron chi connectivity index (χ1n) is 5.53. The van der Waals surface area contributed by atoms with Crippen molar-refractivity contribution in [1.82, 2.24) is 9.97 Å². The maximum Gasteiger partial charge on any atom is 0.225 e. The Hall–Kier alpha value is -1.66. The number of carbonyl (C=O) groups is 1. The van der Waals surface area contributed by atoms with Crippen LogP contribution in [0.4, 0.5) is 5.82 Å². The predicted molar refractivity (Wildman–Crippen MR) is 65.2 cm³/mol. The standard InChI is InChI=1S/C11H10ClN3O3/c12-11-13-8-5-7(6-16)18-9(8)10(14-11)15-1-3-17-4-2-15/h5-6H,1-4H2. The van der Waals surface area contributed by atoms with E-state index in [4.69, 9.17) is 20.8 Å². The highest BCUT2D eigenvalue weighted by atomic mass is 35.5. The Bertz CT molecular complexity index is 592. The van der Waals surface area contributed by atoms with Gasteiger partial charge in [0.05, 0.1) is 13.2 Å². The highest BCUT2D eigenvalue weighted by Crippen LogP contribution is 2.28. The van der Waals surface area contributed by atoms with Crippen LogP contribution in [0.5, 0.6) is 0 Å². The Kier molecular flexibility index (Phi) is 2.89. The van der Waals surface area contributed by atoms with Crippen molar-refractivity contribution < 1.29 is 13.9 Å². The molecule has 6 nitrogen and oxygen atoms in total. The van der Waals surface area contributed by atoms with Crippen molar-refractivity contribution in [3.05, 3.63) is 17.1 Å². The van der Waals surface area contributed by atoms with E-state index < -0.39 is 0 Å². The first kappa shape index (κ1) is 11.4. The van der Waals surface area contributed by atoms with Gasteiger partial charge in [-0.05, 0) is 11.6 Å². The van der Waals surface area contributed by atoms with Gasteiger partial charge in [0.1, 0.15) is 5.52 Å². The lowest BCUT2D eigenvalue weighted by Crippen LogP contribution is -2.36. The molecule has 0 bridgehead atoms. The van der Waals surface area contributed by atoms with Crippen LogP contribution in [-0.2, 0) is 4.74 Å². The third kappa shape index (κ3) is 1.93. The summed E-state index contributed by atoms with van der Waals surface area (Å²) in [6.07, 6.45) is 0.638. The molecule has 1 fully saturated rings. The van der Waals surface area contributed by atoms with E-state index in [0.29, 0.717) is 49.5 Å². The SMILES string of the molecule is O=Cc1cc2nc(Cl)nc(N3CCOCC3)c2o1. The quantitative estimate of drug-likeness (QED) is 0.607. The Morgan fingerprint density at radius 3 is 2.83 bits per heavy atom. The minimum absolute atomic E-state index is 0.141. The summed E-state index contributed by atoms with van der Waals surface area (Å²) < 4.78 is 10.7. The molecule has 3 rings (SSSR count). The predicted octanol–water partition coefficient (Wildman–Crippen LogP) is 1.53. The van der Waals surface area contributed by atoms with Gasteiger partial charge in [0.25, 0.3) is 0 Å². The van der Waals surface area contributed by atoms with Gasteiger partial charge in [-0.1, -0.05) is 0 Å². The molecule has 2 aromatic rings. The highest BCUT2D eigenvalue weighted by Gasteiger charge is 2.20. The van der Waals surface area contributed by atoms with E-state index in [1.54, 1.807) is 6.07 Å². The number of ether oxygens (including phenoxy) is 1. The first-order chi connectivity index (χ1) is 8.78. The van der Waals surface area contributed by atoms with E-state index in [9.17, 15) is 4.79 Å². The number of hydrogen-bond acceptors (Lipinski definition) is 6. The van der Waals surface area contributed by atoms with Crippen molar-refractivity contribution in [3.63, 3.8) is 0 Å². The van der Waals surface area contributed by atoms with Gasteiger partial charge in [-0.25, -0.2) is 4.98 Å². The molecule has 1 aliphatic rings. The summed E-state index contributed by atoms with van der Waals surface area (Å²) in [5.74, 6) is 0.831. The number of nitrogens with zero attached hydrogens (tertiary/aromatic N) is 3. The average molecular weight is 268 g/mol. The van der Waals surface area contributed by atoms with E-state index in [-0.39, 0.29) is 11.0 Å². The zero-order valence-corrected chi connectivity index (χ0v) is 10.2. The lowest BCUT2D eigenvalue weighted by molar-refractivity contribution is 0.110. The van der Waals surface area contributed by atoms with Crippen LogP contribution in [0.15, 0.2) is 10.5 Å². The topological polar surface area (TPSA) is 68.5 Å². The van der Waals surface area contributed by atoms with Crippen molar-refractivity contribution in [2.75, 3.05) is 31.2 Å². The van der Waals surface area contributed by atoms with Gasteiger partial charge in [-0.2, -0.15) is 4.98 Å². The summed E-state index contributed by atoms with van der Waals surface area (Å²) in [6.45, 7) is 2.67. The van der Waals surface area contributed by atoms with Gasteiger partial charge in [0.15, 0.2) is 23.4 Å². The maximum atomic E-state index is 10.7. The van der Waals surface area contributed by atoms with Crippen molar-refractivity contribution in [3.8, 4) is 0 Å². The molecule has 0 spiro atoms. The summed E-state index contributed by atoms with van der Waals surface area (Å²) in [5.41, 5.74) is 1.03. The molecule has 0 aromatic carbocycles. The number of rotatable bonds is 2. The second kappa shape index (κ2) is 4.55. The van der Waals surface area contributed by atoms with Crippen LogP contribution >= 0.6 is 11.6 Å². The molecule has 0 unspecified atom stereocenters. The number of anilines is 1. The molecule has 94 valence electrons. The molecule has 2 aromatic heterocycles. The minimum Gasteiger partial charge on any atom is -0.448 e. The van der Waals surface area contributed by atoms with Gasteiger partial charge in [-0.15, -0.1) is 0 Å². The highest BCUT2D eigenvalue weighted by molar-refractivity contribution is 6.28. The number of aldehydes is 1. The largest absolute Gasteiger partial charge is 0.448 e. The molecule has 0 atom stereocenters. The summed E-state index contributed by atoms with van der Waals surface area (Å²) in [4.78, 5) is 21.0. The molecule has 0 aliphatic carbocycles. The lowest BCUT2D eigenvalue weighted by Gasteiger charge is -2.27. The summed E-state index contributed by atoms with van der Waals surface area (Å²) >= 11 is 5.89. The lowest BCUT2D eigenvalue weighted by atomic mass is 10.3. The number of hydrogen-bond donors (Lipinski definition) is 0. The van der Waals surface area contributed by atoms with Crippen LogP contribution in [0, 0.1) is 0 Å². The zero-order chi connectivity index (χ0) is 12.5. The number of furan rings is 1. The van der Waals surface area contributed by atoms with Gasteiger partial charge >= 0.3 is 0 Å². The normalized spacial score (nSPS) is 16.2. The summed E-state index contributed by atoms with van der Waals surface area (Å²) in [5, 5.41) is 0.141. The Balaban J connectivity index is 2.13. The van der Waals surface area contributed by atoms with Crippen LogP contribution < -0.4 is 4.90 Å². The fourth-order valence-electron chi connectivity index (χ4n) is 1.95. The van der Waals surface area contributed by atoms with Crippen LogP contribution in [0.3, 0.4) is 0 Å². The molecular weight excluding hydrogens is 258 g/mol. The number of fused-ring (bicyclic) bond motifs is 1. The average Bonchev–Trinajstić information content (AvgIpc) is 2.81. The van der Waals surface area contributed by atoms with E-state index >= 15 is 0 Å². The van der Waals surface area contributed by atoms with Gasteiger partial charge in [0.2, 0.25) is 5.28 Å². The minimum atomic E-state index is 0.141. The maximum absolute atomic E-state index is 10.7. The number of morpholine rings is 1. The van der Waals surface area contributed by atoms with Crippen LogP contribution in [-0.4, -0.2) is 42.6 Å². The van der Waals surface area contributed by atoms with E-state index in [0.717, 1.165) is 0 Å². The Morgan fingerprint density at radius 2 is 2.11 bits per heavy atom. The summed E-state index contributed by atoms with van der Waals surface area (Å²) in [7, 11) is 0. The Morgan fingerprint density at radius 1 is 1.33 bits per heavy atom. The molecule has 0 amide bonds. The molecule has 18 heavy (non-hydrogen) atoms. The van der Waals surface area contributed by atoms with E-state index in [1.165, 1.54) is 0 Å². The third-order valence-corrected chi connectivity index (χ3v) is 2.94. The van der Waals surface area contributed by atoms with E-state index in [2.05, 4.69) is 9.97 Å². The fourth-order valence-corrected chi connectivity index (χ4v) is 2.12. The fraction of sp³-hybridized carbons (Fsp3) is 0.364. The Labute approximate surface area is 108 Å². The molecule has 3 heterocycles. The molecule has 0 N–H and O–H groups in total. The molecule has 7 heteroatoms. The van der Waals surface area contributed by atoms with Crippen molar-refractivity contribution >= 4 is 34.8 Å². The van der Waals surface area contributed by atoms with Crippen molar-refractivity contribution in [1.29, 1.82) is 0 Å². The van der Waals surface area contributed by atoms with Crippen LogP contribution in [0.25, 0.3) is 11.1 Å². The third-order valence-electron chi connectivity index (χ3n) is 2.77. The second-order valence-corrected chi connectivity index (χ2v) is 4.23. The van der Waals surface area contributed by atoms with Crippen LogP contribution in [0.2, 0.25) is 5.28 Å². The number of aromatic nitrogens is 2. The smallest absolute Gasteiger partial charge is 0.225 e. The van der Waals surface area contributed by atoms with E-state index in [1.807, 2.05) is 4.90 Å². The van der Waals surface area contributed by atoms with Crippen LogP contribution in [0.1, 0.15) is 10.6 Å². The number of carbonyl (C=O) groups excluding carboxylic acids is 1. The zero-order valence-electron chi connectivity index (χ0n) is 9.43. The van der Waals surface area contributed by atoms with Gasteiger partial charge < -0.3 is 14.1 Å². The second-order valence-electron chi connectivity index (χ2n) is 3.90. The molecular formula is C11H10ClN3O3. The van der Waals surface area contributed by atoms with Crippen molar-refractivity contribution in [2.45, 2.75) is 0 Å². The monoisotopic (exact) mass is 267 g/mol. The molecule has 1 saturated heterocycles. The number of halogens is 1.